The molecule has 5 nitrogen and oxygen atoms in total. The van der Waals surface area contributed by atoms with E-state index in [1.54, 1.807) is 10.5 Å². The Morgan fingerprint density at radius 1 is 1.15 bits per heavy atom. The molecule has 1 aromatic heterocycles. The lowest BCUT2D eigenvalue weighted by Gasteiger charge is -2.20. The Bertz CT molecular complexity index is 809. The van der Waals surface area contributed by atoms with Gasteiger partial charge in [-0.25, -0.2) is 8.42 Å². The molecule has 1 fully saturated rings. The fourth-order valence-corrected chi connectivity index (χ4v) is 5.27. The number of sulfonamides is 1. The fraction of sp³-hybridized carbons (Fsp3) is 0.550. The van der Waals surface area contributed by atoms with Crippen LogP contribution in [0.25, 0.3) is 11.3 Å². The molecular formula is C20H29N3O2S. The standard InChI is InChI=1S/C20H29N3O2S/c1-3-5-15-22(4-2)26(24,25)19-16-23(18-13-9-10-14-18)21-20(19)17-11-7-6-8-12-17/h6-8,11-12,16,18H,3-5,9-10,13-15H2,1-2H3. The van der Waals surface area contributed by atoms with Gasteiger partial charge in [-0.1, -0.05) is 63.4 Å². The van der Waals surface area contributed by atoms with Gasteiger partial charge >= 0.3 is 0 Å². The Balaban J connectivity index is 2.06. The molecule has 142 valence electrons. The van der Waals surface area contributed by atoms with E-state index in [1.165, 1.54) is 12.8 Å². The Kier molecular flexibility index (Phi) is 6.14. The number of hydrogen-bond acceptors (Lipinski definition) is 3. The van der Waals surface area contributed by atoms with Gasteiger partial charge in [-0.05, 0) is 19.3 Å². The van der Waals surface area contributed by atoms with Gasteiger partial charge in [0.2, 0.25) is 10.0 Å². The normalized spacial score (nSPS) is 15.8. The van der Waals surface area contributed by atoms with Crippen molar-refractivity contribution < 1.29 is 8.42 Å². The highest BCUT2D eigenvalue weighted by Gasteiger charge is 2.30. The minimum absolute atomic E-state index is 0.312. The zero-order valence-corrected chi connectivity index (χ0v) is 16.6. The minimum atomic E-state index is -3.56. The average Bonchev–Trinajstić information content (AvgIpc) is 3.32. The second-order valence-electron chi connectivity index (χ2n) is 6.98. The first-order chi connectivity index (χ1) is 12.6. The first kappa shape index (κ1) is 19.1. The average molecular weight is 376 g/mol. The number of nitrogens with zero attached hydrogens (tertiary/aromatic N) is 3. The third kappa shape index (κ3) is 3.86. The van der Waals surface area contributed by atoms with Crippen LogP contribution in [-0.4, -0.2) is 35.6 Å². The van der Waals surface area contributed by atoms with Crippen LogP contribution in [-0.2, 0) is 10.0 Å². The summed E-state index contributed by atoms with van der Waals surface area (Å²) >= 11 is 0. The van der Waals surface area contributed by atoms with Gasteiger partial charge in [0.1, 0.15) is 10.6 Å². The molecule has 0 unspecified atom stereocenters. The molecule has 1 aromatic carbocycles. The molecule has 0 spiro atoms. The predicted octanol–water partition coefficient (Wildman–Crippen LogP) is 4.48. The Morgan fingerprint density at radius 3 is 2.46 bits per heavy atom. The summed E-state index contributed by atoms with van der Waals surface area (Å²) in [4.78, 5) is 0.341. The molecule has 0 radical (unpaired) electrons. The zero-order valence-electron chi connectivity index (χ0n) is 15.8. The topological polar surface area (TPSA) is 55.2 Å². The molecule has 3 rings (SSSR count). The predicted molar refractivity (Wildman–Crippen MR) is 105 cm³/mol. The van der Waals surface area contributed by atoms with Crippen molar-refractivity contribution in [2.75, 3.05) is 13.1 Å². The lowest BCUT2D eigenvalue weighted by atomic mass is 10.2. The second kappa shape index (κ2) is 8.35. The van der Waals surface area contributed by atoms with E-state index in [0.29, 0.717) is 29.7 Å². The summed E-state index contributed by atoms with van der Waals surface area (Å²) in [5.41, 5.74) is 1.43. The molecule has 1 heterocycles. The van der Waals surface area contributed by atoms with E-state index < -0.39 is 10.0 Å². The van der Waals surface area contributed by atoms with Crippen molar-refractivity contribution in [3.8, 4) is 11.3 Å². The molecule has 2 aromatic rings. The van der Waals surface area contributed by atoms with Crippen LogP contribution in [0.3, 0.4) is 0 Å². The first-order valence-corrected chi connectivity index (χ1v) is 11.2. The van der Waals surface area contributed by atoms with E-state index in [2.05, 4.69) is 6.92 Å². The van der Waals surface area contributed by atoms with Gasteiger partial charge in [-0.3, -0.25) is 4.68 Å². The van der Waals surface area contributed by atoms with Crippen LogP contribution in [0.4, 0.5) is 0 Å². The third-order valence-electron chi connectivity index (χ3n) is 5.18. The van der Waals surface area contributed by atoms with Gasteiger partial charge < -0.3 is 0 Å². The Morgan fingerprint density at radius 2 is 1.85 bits per heavy atom. The summed E-state index contributed by atoms with van der Waals surface area (Å²) in [6.07, 6.45) is 8.12. The van der Waals surface area contributed by atoms with Gasteiger partial charge in [0.25, 0.3) is 0 Å². The van der Waals surface area contributed by atoms with E-state index in [1.807, 2.05) is 41.9 Å². The summed E-state index contributed by atoms with van der Waals surface area (Å²) < 4.78 is 30.2. The molecule has 0 bridgehead atoms. The summed E-state index contributed by atoms with van der Waals surface area (Å²) in [5.74, 6) is 0. The van der Waals surface area contributed by atoms with Crippen molar-refractivity contribution in [2.45, 2.75) is 63.3 Å². The lowest BCUT2D eigenvalue weighted by Crippen LogP contribution is -2.32. The Hall–Kier alpha value is -1.66. The van der Waals surface area contributed by atoms with Crippen molar-refractivity contribution in [1.82, 2.24) is 14.1 Å². The largest absolute Gasteiger partial charge is 0.268 e. The molecule has 26 heavy (non-hydrogen) atoms. The van der Waals surface area contributed by atoms with Crippen molar-refractivity contribution in [1.29, 1.82) is 0 Å². The monoisotopic (exact) mass is 375 g/mol. The van der Waals surface area contributed by atoms with Crippen LogP contribution in [0.2, 0.25) is 0 Å². The van der Waals surface area contributed by atoms with Crippen LogP contribution in [0.15, 0.2) is 41.4 Å². The van der Waals surface area contributed by atoms with Crippen LogP contribution < -0.4 is 0 Å². The summed E-state index contributed by atoms with van der Waals surface area (Å²) in [6.45, 7) is 5.01. The van der Waals surface area contributed by atoms with Crippen molar-refractivity contribution in [2.24, 2.45) is 0 Å². The maximum Gasteiger partial charge on any atom is 0.246 e. The van der Waals surface area contributed by atoms with Crippen molar-refractivity contribution in [3.63, 3.8) is 0 Å². The maximum atomic E-state index is 13.4. The van der Waals surface area contributed by atoms with Crippen LogP contribution in [0.5, 0.6) is 0 Å². The number of aromatic nitrogens is 2. The molecule has 0 amide bonds. The van der Waals surface area contributed by atoms with E-state index in [9.17, 15) is 8.42 Å². The highest BCUT2D eigenvalue weighted by atomic mass is 32.2. The van der Waals surface area contributed by atoms with Crippen LogP contribution in [0, 0.1) is 0 Å². The van der Waals surface area contributed by atoms with Crippen molar-refractivity contribution >= 4 is 10.0 Å². The number of rotatable bonds is 8. The molecule has 1 saturated carbocycles. The molecule has 0 saturated heterocycles. The third-order valence-corrected chi connectivity index (χ3v) is 7.15. The molecule has 1 aliphatic carbocycles. The van der Waals surface area contributed by atoms with Gasteiger partial charge in [-0.15, -0.1) is 0 Å². The first-order valence-electron chi connectivity index (χ1n) is 9.72. The van der Waals surface area contributed by atoms with E-state index >= 15 is 0 Å². The molecule has 0 aliphatic heterocycles. The number of hydrogen-bond donors (Lipinski definition) is 0. The number of benzene rings is 1. The molecule has 6 heteroatoms. The molecule has 0 atom stereocenters. The number of unbranched alkanes of at least 4 members (excludes halogenated alkanes) is 1. The van der Waals surface area contributed by atoms with Gasteiger partial charge in [-0.2, -0.15) is 9.40 Å². The minimum Gasteiger partial charge on any atom is -0.268 e. The fourth-order valence-electron chi connectivity index (χ4n) is 3.64. The SMILES string of the molecule is CCCCN(CC)S(=O)(=O)c1cn(C2CCCC2)nc1-c1ccccc1. The second-order valence-corrected chi connectivity index (χ2v) is 8.88. The van der Waals surface area contributed by atoms with Crippen molar-refractivity contribution in [3.05, 3.63) is 36.5 Å². The van der Waals surface area contributed by atoms with E-state index in [-0.39, 0.29) is 0 Å². The van der Waals surface area contributed by atoms with Gasteiger partial charge in [0.05, 0.1) is 6.04 Å². The molecule has 1 aliphatic rings. The van der Waals surface area contributed by atoms with Crippen LogP contribution >= 0.6 is 0 Å². The maximum absolute atomic E-state index is 13.4. The van der Waals surface area contributed by atoms with Gasteiger partial charge in [0.15, 0.2) is 0 Å². The molecular weight excluding hydrogens is 346 g/mol. The summed E-state index contributed by atoms with van der Waals surface area (Å²) in [5, 5.41) is 4.74. The van der Waals surface area contributed by atoms with Crippen LogP contribution in [0.1, 0.15) is 58.4 Å². The summed E-state index contributed by atoms with van der Waals surface area (Å²) in [6, 6.07) is 9.97. The van der Waals surface area contributed by atoms with E-state index in [4.69, 9.17) is 5.10 Å². The quantitative estimate of drug-likeness (QED) is 0.684. The van der Waals surface area contributed by atoms with Gasteiger partial charge in [0, 0.05) is 24.8 Å². The summed E-state index contributed by atoms with van der Waals surface area (Å²) in [7, 11) is -3.56. The highest BCUT2D eigenvalue weighted by molar-refractivity contribution is 7.89. The Labute approximate surface area is 157 Å². The zero-order chi connectivity index (χ0) is 18.6. The highest BCUT2D eigenvalue weighted by Crippen LogP contribution is 2.34. The molecule has 0 N–H and O–H groups in total. The van der Waals surface area contributed by atoms with E-state index in [0.717, 1.165) is 31.2 Å². The lowest BCUT2D eigenvalue weighted by molar-refractivity contribution is 0.418. The smallest absolute Gasteiger partial charge is 0.246 e.